The van der Waals surface area contributed by atoms with Gasteiger partial charge in [0.1, 0.15) is 34.0 Å². The number of aromatic nitrogens is 3. The number of hydrogen-bond acceptors (Lipinski definition) is 12. The number of fused-ring (bicyclic) bond motifs is 3. The van der Waals surface area contributed by atoms with Gasteiger partial charge in [-0.25, -0.2) is 13.8 Å². The largest absolute Gasteiger partial charge is 0.508 e. The van der Waals surface area contributed by atoms with Crippen LogP contribution in [0.15, 0.2) is 24.3 Å². The molecular weight excluding hydrogens is 712 g/mol. The average Bonchev–Trinajstić information content (AvgIpc) is 3.48. The minimum atomic E-state index is -0.806. The molecule has 3 saturated heterocycles. The third kappa shape index (κ3) is 6.63. The molecule has 4 aromatic rings. The van der Waals surface area contributed by atoms with E-state index >= 15 is 8.78 Å². The zero-order valence-electron chi connectivity index (χ0n) is 31.8. The van der Waals surface area contributed by atoms with Crippen LogP contribution in [-0.2, 0) is 15.9 Å². The lowest BCUT2D eigenvalue weighted by atomic mass is 9.62. The van der Waals surface area contributed by atoms with Crippen LogP contribution < -0.4 is 14.4 Å². The van der Waals surface area contributed by atoms with Crippen molar-refractivity contribution in [2.45, 2.75) is 76.5 Å². The summed E-state index contributed by atoms with van der Waals surface area (Å²) >= 11 is 0. The molecule has 3 unspecified atom stereocenters. The molecular formula is C41H51F2N5O7. The summed E-state index contributed by atoms with van der Waals surface area (Å²) in [6.07, 6.45) is 7.35. The molecule has 1 spiro atoms. The number of likely N-dealkylation sites (tertiary alicyclic amines) is 1. The summed E-state index contributed by atoms with van der Waals surface area (Å²) in [7, 11) is 2.44. The predicted molar refractivity (Wildman–Crippen MR) is 203 cm³/mol. The van der Waals surface area contributed by atoms with Crippen molar-refractivity contribution >= 4 is 27.5 Å². The molecule has 14 heteroatoms. The van der Waals surface area contributed by atoms with Crippen LogP contribution in [0.2, 0.25) is 0 Å². The quantitative estimate of drug-likeness (QED) is 0.212. The van der Waals surface area contributed by atoms with Gasteiger partial charge in [0.15, 0.2) is 5.82 Å². The van der Waals surface area contributed by atoms with E-state index in [4.69, 9.17) is 34.0 Å². The van der Waals surface area contributed by atoms with Crippen molar-refractivity contribution in [1.82, 2.24) is 19.9 Å². The molecule has 0 amide bonds. The van der Waals surface area contributed by atoms with Crippen LogP contribution in [0.25, 0.3) is 32.9 Å². The van der Waals surface area contributed by atoms with E-state index in [1.165, 1.54) is 38.2 Å². The van der Waals surface area contributed by atoms with Crippen molar-refractivity contribution in [2.24, 2.45) is 10.8 Å². The second-order valence-corrected chi connectivity index (χ2v) is 15.9. The van der Waals surface area contributed by atoms with Gasteiger partial charge in [-0.2, -0.15) is 9.97 Å². The summed E-state index contributed by atoms with van der Waals surface area (Å²) in [4.78, 5) is 18.8. The molecule has 0 radical (unpaired) electrons. The number of rotatable bonds is 8. The molecule has 5 fully saturated rings. The van der Waals surface area contributed by atoms with E-state index in [0.29, 0.717) is 65.8 Å². The van der Waals surface area contributed by atoms with Gasteiger partial charge in [-0.3, -0.25) is 4.90 Å². The minimum absolute atomic E-state index is 0.0256. The number of anilines is 1. The molecule has 2 saturated carbocycles. The highest BCUT2D eigenvalue weighted by molar-refractivity contribution is 6.03. The van der Waals surface area contributed by atoms with Gasteiger partial charge in [0.25, 0.3) is 0 Å². The number of aromatic hydroxyl groups is 1. The van der Waals surface area contributed by atoms with Crippen LogP contribution in [0.3, 0.4) is 0 Å². The number of piperidine rings is 1. The summed E-state index contributed by atoms with van der Waals surface area (Å²) in [5.74, 6) is -0.951. The van der Waals surface area contributed by atoms with Gasteiger partial charge in [0.2, 0.25) is 5.88 Å². The van der Waals surface area contributed by atoms with E-state index in [0.717, 1.165) is 59.0 Å². The third-order valence-electron chi connectivity index (χ3n) is 12.7. The van der Waals surface area contributed by atoms with E-state index in [1.54, 1.807) is 6.07 Å². The Bertz CT molecular complexity index is 2060. The van der Waals surface area contributed by atoms with Gasteiger partial charge in [-0.1, -0.05) is 19.4 Å². The number of pyridine rings is 1. The highest BCUT2D eigenvalue weighted by atomic mass is 19.1. The lowest BCUT2D eigenvalue weighted by Gasteiger charge is -2.60. The van der Waals surface area contributed by atoms with E-state index in [-0.39, 0.29) is 58.4 Å². The summed E-state index contributed by atoms with van der Waals surface area (Å²) in [6, 6.07) is 6.84. The van der Waals surface area contributed by atoms with Crippen molar-refractivity contribution in [3.8, 4) is 28.9 Å². The van der Waals surface area contributed by atoms with Crippen molar-refractivity contribution in [2.75, 3.05) is 71.8 Å². The van der Waals surface area contributed by atoms with E-state index in [2.05, 4.69) is 9.88 Å². The zero-order chi connectivity index (χ0) is 38.5. The monoisotopic (exact) mass is 763 g/mol. The lowest BCUT2D eigenvalue weighted by Crippen LogP contribution is -2.64. The number of phenols is 1. The number of benzene rings is 2. The number of ether oxygens (including phenoxy) is 4. The molecule has 5 heterocycles. The van der Waals surface area contributed by atoms with Crippen LogP contribution in [0.1, 0.15) is 57.4 Å². The standard InChI is InChI=1S/C40H47F2N5O6.CH4O/c1-3-27-29(41)8-7-23-14-25(48)15-28(31(23)27)34-33(42)35-32(37(43-34)50-2)36(46-12-13-51-19-26(49)18-46)45-38(44-35)53-22-40-9-4-6-30(40)47(11-5-10-40)24-16-39(17-24)20-52-21-39;1-2/h7-8,14-15,24,26,30,48-49H,3-6,9-13,16-22H2,1-2H3;2H,1H3. The van der Waals surface area contributed by atoms with Crippen molar-refractivity contribution in [3.63, 3.8) is 0 Å². The van der Waals surface area contributed by atoms with Gasteiger partial charge < -0.3 is 39.2 Å². The average molecular weight is 764 g/mol. The minimum Gasteiger partial charge on any atom is -0.508 e. The lowest BCUT2D eigenvalue weighted by molar-refractivity contribution is -0.196. The van der Waals surface area contributed by atoms with Crippen molar-refractivity contribution in [1.29, 1.82) is 0 Å². The topological polar surface area (TPSA) is 143 Å². The van der Waals surface area contributed by atoms with Crippen LogP contribution in [0.4, 0.5) is 14.6 Å². The highest BCUT2D eigenvalue weighted by Gasteiger charge is 2.56. The molecule has 2 aromatic heterocycles. The van der Waals surface area contributed by atoms with Gasteiger partial charge in [-0.15, -0.1) is 0 Å². The number of methoxy groups -OCH3 is 1. The number of nitrogens with zero attached hydrogens (tertiary/aromatic N) is 5. The van der Waals surface area contributed by atoms with Gasteiger partial charge in [0.05, 0.1) is 46.2 Å². The molecule has 9 rings (SSSR count). The van der Waals surface area contributed by atoms with Crippen LogP contribution in [-0.4, -0.2) is 120 Å². The third-order valence-corrected chi connectivity index (χ3v) is 12.7. The van der Waals surface area contributed by atoms with Crippen LogP contribution in [0.5, 0.6) is 17.6 Å². The Hall–Kier alpha value is -3.95. The van der Waals surface area contributed by atoms with E-state index in [1.807, 2.05) is 11.8 Å². The smallest absolute Gasteiger partial charge is 0.319 e. The van der Waals surface area contributed by atoms with E-state index < -0.39 is 17.7 Å². The number of aliphatic hydroxyl groups is 2. The van der Waals surface area contributed by atoms with Gasteiger partial charge in [0, 0.05) is 48.7 Å². The van der Waals surface area contributed by atoms with Crippen LogP contribution >= 0.6 is 0 Å². The summed E-state index contributed by atoms with van der Waals surface area (Å²) in [5.41, 5.74) is 0.703. The Balaban J connectivity index is 0.00000210. The molecule has 0 bridgehead atoms. The first-order chi connectivity index (χ1) is 26.7. The molecule has 12 nitrogen and oxygen atoms in total. The molecule has 3 atom stereocenters. The normalized spacial score (nSPS) is 25.2. The van der Waals surface area contributed by atoms with Gasteiger partial charge in [-0.05, 0) is 86.0 Å². The maximum Gasteiger partial charge on any atom is 0.319 e. The fourth-order valence-corrected chi connectivity index (χ4v) is 10.1. The maximum absolute atomic E-state index is 17.3. The molecule has 296 valence electrons. The molecule has 5 aliphatic rings. The Labute approximate surface area is 319 Å². The van der Waals surface area contributed by atoms with Crippen LogP contribution in [0, 0.1) is 22.5 Å². The predicted octanol–water partition coefficient (Wildman–Crippen LogP) is 5.40. The first kappa shape index (κ1) is 37.9. The number of β-amino-alcohol motifs (C(OH)–C–C–N with tert-alkyl or cyclic N) is 1. The fourth-order valence-electron chi connectivity index (χ4n) is 10.1. The fraction of sp³-hybridized carbons (Fsp3) is 0.585. The first-order valence-corrected chi connectivity index (χ1v) is 19.5. The number of aryl methyl sites for hydroxylation is 1. The summed E-state index contributed by atoms with van der Waals surface area (Å²) in [6.45, 7) is 6.14. The number of aliphatic hydroxyl groups excluding tert-OH is 2. The highest BCUT2D eigenvalue weighted by Crippen LogP contribution is 2.55. The number of hydrogen-bond donors (Lipinski definition) is 3. The zero-order valence-corrected chi connectivity index (χ0v) is 31.8. The summed E-state index contributed by atoms with van der Waals surface area (Å²) < 4.78 is 56.1. The molecule has 2 aromatic carbocycles. The SMILES string of the molecule is CCc1c(F)ccc2cc(O)cc(-c3nc(OC)c4c(N5CCOCC(O)C5)nc(OCC56CCCC5N(C5CC7(COC7)C5)CCC6)nc4c3F)c12.CO. The second kappa shape index (κ2) is 15.2. The maximum atomic E-state index is 17.3. The Kier molecular flexibility index (Phi) is 10.5. The van der Waals surface area contributed by atoms with Crippen molar-refractivity contribution < 1.29 is 43.0 Å². The van der Waals surface area contributed by atoms with Gasteiger partial charge >= 0.3 is 6.01 Å². The Morgan fingerprint density at radius 1 is 1.00 bits per heavy atom. The molecule has 2 aliphatic carbocycles. The number of halogens is 2. The molecule has 3 aliphatic heterocycles. The molecule has 55 heavy (non-hydrogen) atoms. The van der Waals surface area contributed by atoms with E-state index in [9.17, 15) is 10.2 Å². The number of phenolic OH excluding ortho intramolecular Hbond substituents is 1. The molecule has 3 N–H and O–H groups in total. The van der Waals surface area contributed by atoms with Crippen molar-refractivity contribution in [3.05, 3.63) is 41.5 Å². The Morgan fingerprint density at radius 3 is 2.55 bits per heavy atom. The first-order valence-electron chi connectivity index (χ1n) is 19.5. The summed E-state index contributed by atoms with van der Waals surface area (Å²) in [5, 5.41) is 29.7. The Morgan fingerprint density at radius 2 is 1.80 bits per heavy atom. The second-order valence-electron chi connectivity index (χ2n) is 15.9.